The van der Waals surface area contributed by atoms with Crippen LogP contribution in [0, 0.1) is 22.7 Å². The van der Waals surface area contributed by atoms with E-state index in [-0.39, 0.29) is 0 Å². The minimum atomic E-state index is 0.335. The first-order valence-corrected chi connectivity index (χ1v) is 8.42. The van der Waals surface area contributed by atoms with Gasteiger partial charge in [0.25, 0.3) is 0 Å². The van der Waals surface area contributed by atoms with Gasteiger partial charge in [0.15, 0.2) is 0 Å². The summed E-state index contributed by atoms with van der Waals surface area (Å²) < 4.78 is 0. The molecule has 0 saturated carbocycles. The number of piperazine rings is 1. The summed E-state index contributed by atoms with van der Waals surface area (Å²) in [6.07, 6.45) is 0. The van der Waals surface area contributed by atoms with Crippen molar-refractivity contribution in [2.24, 2.45) is 22.7 Å². The first kappa shape index (κ1) is 18.0. The molecule has 1 fully saturated rings. The molecule has 0 radical (unpaired) electrons. The lowest BCUT2D eigenvalue weighted by atomic mass is 9.78. The Morgan fingerprint density at radius 1 is 1.05 bits per heavy atom. The molecule has 0 spiro atoms. The Hall–Kier alpha value is -0.0800. The summed E-state index contributed by atoms with van der Waals surface area (Å²) in [6.45, 7) is 24.9. The molecule has 0 aliphatic carbocycles. The Labute approximate surface area is 127 Å². The van der Waals surface area contributed by atoms with Crippen molar-refractivity contribution < 1.29 is 0 Å². The predicted molar refractivity (Wildman–Crippen MR) is 90.1 cm³/mol. The molecule has 2 heteroatoms. The highest BCUT2D eigenvalue weighted by molar-refractivity contribution is 4.94. The summed E-state index contributed by atoms with van der Waals surface area (Å²) in [4.78, 5) is 2.76. The average molecular weight is 283 g/mol. The van der Waals surface area contributed by atoms with E-state index in [0.29, 0.717) is 28.8 Å². The summed E-state index contributed by atoms with van der Waals surface area (Å²) >= 11 is 0. The molecule has 1 N–H and O–H groups in total. The van der Waals surface area contributed by atoms with Crippen LogP contribution in [0.4, 0.5) is 0 Å². The summed E-state index contributed by atoms with van der Waals surface area (Å²) in [5, 5.41) is 3.79. The van der Waals surface area contributed by atoms with Crippen LogP contribution >= 0.6 is 0 Å². The maximum atomic E-state index is 3.79. The van der Waals surface area contributed by atoms with Crippen molar-refractivity contribution in [3.05, 3.63) is 0 Å². The fourth-order valence-corrected chi connectivity index (χ4v) is 2.95. The van der Waals surface area contributed by atoms with Crippen LogP contribution in [0.3, 0.4) is 0 Å². The molecular weight excluding hydrogens is 244 g/mol. The SMILES string of the molecule is CC(C)C1CNC(C(C)(C)C)CN1CC(C)(C)C(C)C. The Morgan fingerprint density at radius 2 is 1.60 bits per heavy atom. The third-order valence-electron chi connectivity index (χ3n) is 5.45. The van der Waals surface area contributed by atoms with Gasteiger partial charge in [0.2, 0.25) is 0 Å². The molecule has 2 atom stereocenters. The topological polar surface area (TPSA) is 15.3 Å². The van der Waals surface area contributed by atoms with Crippen molar-refractivity contribution in [3.63, 3.8) is 0 Å². The lowest BCUT2D eigenvalue weighted by Crippen LogP contribution is -2.63. The van der Waals surface area contributed by atoms with Gasteiger partial charge in [-0.25, -0.2) is 0 Å². The normalized spacial score (nSPS) is 26.6. The van der Waals surface area contributed by atoms with Gasteiger partial charge in [-0.05, 0) is 22.7 Å². The van der Waals surface area contributed by atoms with Crippen molar-refractivity contribution in [3.8, 4) is 0 Å². The first-order valence-electron chi connectivity index (χ1n) is 8.42. The van der Waals surface area contributed by atoms with Crippen LogP contribution in [0.15, 0.2) is 0 Å². The van der Waals surface area contributed by atoms with E-state index in [9.17, 15) is 0 Å². The molecular formula is C18H38N2. The highest BCUT2D eigenvalue weighted by atomic mass is 15.2. The molecule has 0 aromatic rings. The molecule has 0 aromatic heterocycles. The fraction of sp³-hybridized carbons (Fsp3) is 1.00. The molecule has 2 unspecified atom stereocenters. The van der Waals surface area contributed by atoms with Crippen molar-refractivity contribution in [1.29, 1.82) is 0 Å². The van der Waals surface area contributed by atoms with Gasteiger partial charge in [0.05, 0.1) is 0 Å². The molecule has 0 bridgehead atoms. The van der Waals surface area contributed by atoms with Crippen molar-refractivity contribution in [2.75, 3.05) is 19.6 Å². The Bertz CT molecular complexity index is 299. The van der Waals surface area contributed by atoms with Crippen LogP contribution in [0.1, 0.15) is 62.3 Å². The average Bonchev–Trinajstić information content (AvgIpc) is 2.26. The van der Waals surface area contributed by atoms with Gasteiger partial charge in [-0.1, -0.05) is 62.3 Å². The molecule has 120 valence electrons. The lowest BCUT2D eigenvalue weighted by molar-refractivity contribution is 0.0229. The van der Waals surface area contributed by atoms with Gasteiger partial charge in [0, 0.05) is 31.7 Å². The molecule has 1 aliphatic heterocycles. The third kappa shape index (κ3) is 4.46. The molecule has 0 aromatic carbocycles. The zero-order valence-corrected chi connectivity index (χ0v) is 15.4. The number of hydrogen-bond acceptors (Lipinski definition) is 2. The molecule has 1 aliphatic rings. The van der Waals surface area contributed by atoms with E-state index in [1.807, 2.05) is 0 Å². The number of nitrogens with zero attached hydrogens (tertiary/aromatic N) is 1. The highest BCUT2D eigenvalue weighted by Crippen LogP contribution is 2.32. The van der Waals surface area contributed by atoms with E-state index < -0.39 is 0 Å². The minimum absolute atomic E-state index is 0.335. The predicted octanol–water partition coefficient (Wildman–Crippen LogP) is 4.01. The zero-order valence-electron chi connectivity index (χ0n) is 15.4. The Morgan fingerprint density at radius 3 is 2.00 bits per heavy atom. The summed E-state index contributed by atoms with van der Waals surface area (Å²) in [5.74, 6) is 1.43. The van der Waals surface area contributed by atoms with Gasteiger partial charge in [0.1, 0.15) is 0 Å². The van der Waals surface area contributed by atoms with E-state index >= 15 is 0 Å². The molecule has 2 nitrogen and oxygen atoms in total. The summed E-state index contributed by atoms with van der Waals surface area (Å²) in [6, 6.07) is 1.27. The van der Waals surface area contributed by atoms with Gasteiger partial charge in [-0.15, -0.1) is 0 Å². The van der Waals surface area contributed by atoms with Gasteiger partial charge in [-0.3, -0.25) is 4.90 Å². The van der Waals surface area contributed by atoms with Crippen molar-refractivity contribution in [2.45, 2.75) is 74.4 Å². The highest BCUT2D eigenvalue weighted by Gasteiger charge is 2.37. The van der Waals surface area contributed by atoms with Gasteiger partial charge >= 0.3 is 0 Å². The van der Waals surface area contributed by atoms with E-state index in [4.69, 9.17) is 0 Å². The Kier molecular flexibility index (Phi) is 5.71. The molecule has 1 rings (SSSR count). The standard InChI is InChI=1S/C18H38N2/c1-13(2)15-10-19-16(17(5,6)7)11-20(15)12-18(8,9)14(3)4/h13-16,19H,10-12H2,1-9H3. The van der Waals surface area contributed by atoms with E-state index in [0.717, 1.165) is 12.5 Å². The quantitative estimate of drug-likeness (QED) is 0.838. The fourth-order valence-electron chi connectivity index (χ4n) is 2.95. The van der Waals surface area contributed by atoms with Crippen LogP contribution in [-0.4, -0.2) is 36.6 Å². The lowest BCUT2D eigenvalue weighted by Gasteiger charge is -2.49. The summed E-state index contributed by atoms with van der Waals surface area (Å²) in [5.41, 5.74) is 0.717. The van der Waals surface area contributed by atoms with E-state index in [2.05, 4.69) is 72.5 Å². The molecule has 0 amide bonds. The molecule has 1 heterocycles. The van der Waals surface area contributed by atoms with Crippen LogP contribution in [0.5, 0.6) is 0 Å². The molecule has 1 saturated heterocycles. The first-order chi connectivity index (χ1) is 8.95. The summed E-state index contributed by atoms with van der Waals surface area (Å²) in [7, 11) is 0. The van der Waals surface area contributed by atoms with Crippen LogP contribution in [0.2, 0.25) is 0 Å². The third-order valence-corrected chi connectivity index (χ3v) is 5.45. The van der Waals surface area contributed by atoms with Gasteiger partial charge < -0.3 is 5.32 Å². The second-order valence-electron chi connectivity index (χ2n) is 9.21. The van der Waals surface area contributed by atoms with Crippen molar-refractivity contribution in [1.82, 2.24) is 10.2 Å². The number of hydrogen-bond donors (Lipinski definition) is 1. The number of rotatable bonds is 4. The van der Waals surface area contributed by atoms with E-state index in [1.54, 1.807) is 0 Å². The van der Waals surface area contributed by atoms with Crippen LogP contribution in [-0.2, 0) is 0 Å². The second-order valence-corrected chi connectivity index (χ2v) is 9.21. The Balaban J connectivity index is 2.84. The van der Waals surface area contributed by atoms with E-state index in [1.165, 1.54) is 13.1 Å². The smallest absolute Gasteiger partial charge is 0.0244 e. The maximum Gasteiger partial charge on any atom is 0.0244 e. The van der Waals surface area contributed by atoms with Crippen molar-refractivity contribution >= 4 is 0 Å². The maximum absolute atomic E-state index is 3.79. The number of nitrogens with one attached hydrogen (secondary N) is 1. The monoisotopic (exact) mass is 282 g/mol. The zero-order chi connectivity index (χ0) is 15.7. The van der Waals surface area contributed by atoms with Gasteiger partial charge in [-0.2, -0.15) is 0 Å². The largest absolute Gasteiger partial charge is 0.311 e. The van der Waals surface area contributed by atoms with Crippen LogP contribution in [0.25, 0.3) is 0 Å². The molecule has 20 heavy (non-hydrogen) atoms. The van der Waals surface area contributed by atoms with Crippen LogP contribution < -0.4 is 5.32 Å². The minimum Gasteiger partial charge on any atom is -0.311 e. The second kappa shape index (κ2) is 6.36.